The number of methoxy groups -OCH3 is 1. The van der Waals surface area contributed by atoms with Gasteiger partial charge in [-0.3, -0.25) is 14.2 Å². The minimum Gasteiger partial charge on any atom is -0.383 e. The summed E-state index contributed by atoms with van der Waals surface area (Å²) in [6, 6.07) is 4.03. The van der Waals surface area contributed by atoms with E-state index < -0.39 is 0 Å². The topological polar surface area (TPSA) is 61.2 Å². The first-order chi connectivity index (χ1) is 14.9. The number of fused-ring (bicyclic) bond motifs is 3. The normalized spacial score (nSPS) is 13.5. The van der Waals surface area contributed by atoms with E-state index in [0.717, 1.165) is 46.2 Å². The van der Waals surface area contributed by atoms with Gasteiger partial charge in [0.15, 0.2) is 10.9 Å². The number of nitrogens with zero attached hydrogens (tertiary/aromatic N) is 2. The first-order valence-corrected chi connectivity index (χ1v) is 12.5. The summed E-state index contributed by atoms with van der Waals surface area (Å²) < 4.78 is 6.93. The fourth-order valence-corrected chi connectivity index (χ4v) is 6.39. The molecular weight excluding hydrogens is 428 g/mol. The van der Waals surface area contributed by atoms with Gasteiger partial charge in [-0.1, -0.05) is 17.8 Å². The number of ketones is 1. The van der Waals surface area contributed by atoms with E-state index >= 15 is 0 Å². The van der Waals surface area contributed by atoms with Crippen LogP contribution in [0.2, 0.25) is 0 Å². The molecule has 2 heterocycles. The number of ether oxygens (including phenoxy) is 1. The van der Waals surface area contributed by atoms with Crippen molar-refractivity contribution >= 4 is 39.1 Å². The first-order valence-electron chi connectivity index (χ1n) is 10.7. The van der Waals surface area contributed by atoms with Gasteiger partial charge in [0.05, 0.1) is 24.3 Å². The third-order valence-corrected chi connectivity index (χ3v) is 8.19. The van der Waals surface area contributed by atoms with E-state index in [2.05, 4.69) is 13.0 Å². The zero-order valence-corrected chi connectivity index (χ0v) is 20.2. The van der Waals surface area contributed by atoms with E-state index in [9.17, 15) is 9.59 Å². The summed E-state index contributed by atoms with van der Waals surface area (Å²) in [4.78, 5) is 33.3. The summed E-state index contributed by atoms with van der Waals surface area (Å²) >= 11 is 2.99. The highest BCUT2D eigenvalue weighted by Crippen LogP contribution is 2.34. The molecule has 4 rings (SSSR count). The Bertz CT molecular complexity index is 1210. The molecule has 0 unspecified atom stereocenters. The Morgan fingerprint density at radius 3 is 2.68 bits per heavy atom. The molecule has 7 heteroatoms. The summed E-state index contributed by atoms with van der Waals surface area (Å²) in [5.41, 5.74) is 5.21. The lowest BCUT2D eigenvalue weighted by Crippen LogP contribution is -2.26. The smallest absolute Gasteiger partial charge is 0.263 e. The highest BCUT2D eigenvalue weighted by atomic mass is 32.2. The van der Waals surface area contributed by atoms with Crippen LogP contribution < -0.4 is 5.56 Å². The van der Waals surface area contributed by atoms with Gasteiger partial charge in [0.1, 0.15) is 4.83 Å². The van der Waals surface area contributed by atoms with Gasteiger partial charge in [-0.05, 0) is 74.8 Å². The molecule has 2 aromatic heterocycles. The SMILES string of the molecule is COCCn1c(SCC(=O)c2cc(C)c(C)cc2C)nc2sc3c(c2c1=O)CCCC3. The number of aromatic nitrogens is 2. The maximum Gasteiger partial charge on any atom is 0.263 e. The summed E-state index contributed by atoms with van der Waals surface area (Å²) in [6.45, 7) is 6.91. The second-order valence-electron chi connectivity index (χ2n) is 8.20. The standard InChI is InChI=1S/C24H28N2O3S2/c1-14-11-16(3)18(12-15(14)2)19(27)13-30-24-25-22-21(23(28)26(24)9-10-29-4)17-7-5-6-8-20(17)31-22/h11-12H,5-10,13H2,1-4H3. The van der Waals surface area contributed by atoms with Crippen molar-refractivity contribution in [1.82, 2.24) is 9.55 Å². The van der Waals surface area contributed by atoms with Crippen LogP contribution in [0.15, 0.2) is 22.1 Å². The molecule has 0 spiro atoms. The molecule has 1 aliphatic carbocycles. The molecule has 0 radical (unpaired) electrons. The van der Waals surface area contributed by atoms with Crippen molar-refractivity contribution in [3.05, 3.63) is 55.2 Å². The van der Waals surface area contributed by atoms with Crippen molar-refractivity contribution < 1.29 is 9.53 Å². The van der Waals surface area contributed by atoms with Crippen molar-refractivity contribution in [2.75, 3.05) is 19.5 Å². The highest BCUT2D eigenvalue weighted by Gasteiger charge is 2.23. The van der Waals surface area contributed by atoms with E-state index in [1.807, 2.05) is 19.9 Å². The Kier molecular flexibility index (Phi) is 6.65. The molecule has 1 aliphatic rings. The van der Waals surface area contributed by atoms with Crippen LogP contribution in [0, 0.1) is 20.8 Å². The molecule has 0 aliphatic heterocycles. The Labute approximate surface area is 190 Å². The number of hydrogen-bond donors (Lipinski definition) is 0. The zero-order valence-electron chi connectivity index (χ0n) is 18.5. The fourth-order valence-electron chi connectivity index (χ4n) is 4.18. The van der Waals surface area contributed by atoms with Crippen LogP contribution in [0.1, 0.15) is 50.3 Å². The third kappa shape index (κ3) is 4.36. The fraction of sp³-hybridized carbons (Fsp3) is 0.458. The van der Waals surface area contributed by atoms with Crippen molar-refractivity contribution in [3.63, 3.8) is 0 Å². The number of rotatable bonds is 7. The molecule has 1 aromatic carbocycles. The van der Waals surface area contributed by atoms with Gasteiger partial charge in [-0.25, -0.2) is 4.98 Å². The lowest BCUT2D eigenvalue weighted by molar-refractivity contribution is 0.102. The van der Waals surface area contributed by atoms with Crippen LogP contribution in [0.4, 0.5) is 0 Å². The van der Waals surface area contributed by atoms with Gasteiger partial charge in [0, 0.05) is 17.6 Å². The number of carbonyl (C=O) groups excluding carboxylic acids is 1. The van der Waals surface area contributed by atoms with E-state index in [1.54, 1.807) is 23.0 Å². The van der Waals surface area contributed by atoms with Gasteiger partial charge < -0.3 is 4.74 Å². The molecule has 31 heavy (non-hydrogen) atoms. The Hall–Kier alpha value is -1.96. The van der Waals surface area contributed by atoms with E-state index in [4.69, 9.17) is 9.72 Å². The summed E-state index contributed by atoms with van der Waals surface area (Å²) in [5.74, 6) is 0.308. The van der Waals surface area contributed by atoms with Crippen LogP contribution >= 0.6 is 23.1 Å². The van der Waals surface area contributed by atoms with Crippen molar-refractivity contribution in [2.45, 2.75) is 58.2 Å². The Balaban J connectivity index is 1.68. The first kappa shape index (κ1) is 22.2. The number of thiophene rings is 1. The number of thioether (sulfide) groups is 1. The van der Waals surface area contributed by atoms with Gasteiger partial charge in [0.25, 0.3) is 5.56 Å². The lowest BCUT2D eigenvalue weighted by atomic mass is 9.97. The molecule has 0 bridgehead atoms. The van der Waals surface area contributed by atoms with Crippen molar-refractivity contribution in [1.29, 1.82) is 0 Å². The summed E-state index contributed by atoms with van der Waals surface area (Å²) in [5, 5.41) is 1.37. The predicted octanol–water partition coefficient (Wildman–Crippen LogP) is 4.88. The Morgan fingerprint density at radius 2 is 1.90 bits per heavy atom. The molecule has 0 amide bonds. The molecule has 0 N–H and O–H groups in total. The number of carbonyl (C=O) groups is 1. The van der Waals surface area contributed by atoms with Gasteiger partial charge in [-0.2, -0.15) is 0 Å². The van der Waals surface area contributed by atoms with Gasteiger partial charge in [0.2, 0.25) is 0 Å². The maximum atomic E-state index is 13.4. The number of hydrogen-bond acceptors (Lipinski definition) is 6. The largest absolute Gasteiger partial charge is 0.383 e. The van der Waals surface area contributed by atoms with Crippen LogP contribution in [0.5, 0.6) is 0 Å². The monoisotopic (exact) mass is 456 g/mol. The van der Waals surface area contributed by atoms with Gasteiger partial charge in [-0.15, -0.1) is 11.3 Å². The molecule has 3 aromatic rings. The quantitative estimate of drug-likeness (QED) is 0.288. The highest BCUT2D eigenvalue weighted by molar-refractivity contribution is 7.99. The van der Waals surface area contributed by atoms with Crippen molar-refractivity contribution in [3.8, 4) is 0 Å². The number of aryl methyl sites for hydroxylation is 5. The molecule has 5 nitrogen and oxygen atoms in total. The number of benzene rings is 1. The lowest BCUT2D eigenvalue weighted by Gasteiger charge is -2.13. The maximum absolute atomic E-state index is 13.4. The minimum atomic E-state index is -0.00115. The summed E-state index contributed by atoms with van der Waals surface area (Å²) in [7, 11) is 1.63. The van der Waals surface area contributed by atoms with E-state index in [1.165, 1.54) is 34.2 Å². The van der Waals surface area contributed by atoms with E-state index in [0.29, 0.717) is 18.3 Å². The molecule has 0 atom stereocenters. The van der Waals surface area contributed by atoms with Crippen LogP contribution in [0.25, 0.3) is 10.2 Å². The third-order valence-electron chi connectivity index (χ3n) is 6.03. The zero-order chi connectivity index (χ0) is 22.1. The van der Waals surface area contributed by atoms with Crippen LogP contribution in [-0.2, 0) is 24.1 Å². The Morgan fingerprint density at radius 1 is 1.16 bits per heavy atom. The van der Waals surface area contributed by atoms with Crippen molar-refractivity contribution in [2.24, 2.45) is 0 Å². The number of Topliss-reactive ketones (excluding diaryl/α,β-unsaturated/α-hetero) is 1. The molecule has 0 fully saturated rings. The average molecular weight is 457 g/mol. The molecule has 0 saturated heterocycles. The second-order valence-corrected chi connectivity index (χ2v) is 10.2. The summed E-state index contributed by atoms with van der Waals surface area (Å²) in [6.07, 6.45) is 4.27. The second kappa shape index (κ2) is 9.27. The van der Waals surface area contributed by atoms with Gasteiger partial charge >= 0.3 is 0 Å². The molecule has 164 valence electrons. The minimum absolute atomic E-state index is 0.00115. The molecule has 0 saturated carbocycles. The van der Waals surface area contributed by atoms with Crippen LogP contribution in [0.3, 0.4) is 0 Å². The predicted molar refractivity (Wildman–Crippen MR) is 128 cm³/mol. The van der Waals surface area contributed by atoms with Crippen LogP contribution in [-0.4, -0.2) is 34.8 Å². The van der Waals surface area contributed by atoms with E-state index in [-0.39, 0.29) is 17.1 Å². The molecular formula is C24H28N2O3S2. The average Bonchev–Trinajstić information content (AvgIpc) is 3.12.